The van der Waals surface area contributed by atoms with Gasteiger partial charge in [-0.3, -0.25) is 14.5 Å². The number of allylic oxidation sites excluding steroid dienone is 2. The first-order valence-electron chi connectivity index (χ1n) is 11.1. The van der Waals surface area contributed by atoms with E-state index in [-0.39, 0.29) is 41.4 Å². The van der Waals surface area contributed by atoms with E-state index >= 15 is 0 Å². The maximum absolute atomic E-state index is 12.7. The van der Waals surface area contributed by atoms with Crippen molar-refractivity contribution in [3.8, 4) is 5.75 Å². The van der Waals surface area contributed by atoms with Crippen LogP contribution in [0.25, 0.3) is 6.08 Å². The summed E-state index contributed by atoms with van der Waals surface area (Å²) in [7, 11) is 1.60. The standard InChI is InChI=1S/C25H30BrNO4/c1-4-5-15(11-16-12-17(26)7-8-20(16)28)6-9-21-22-14(2)10-18-23(19(22)13-31-21)25(30)27(3)24(18)29/h7-8,11-12,18-19,21,23,28H,4-6,9-10,13H2,1-3H3/b15-11+/t18-,19+,21-,23-/m1/s1. The van der Waals surface area contributed by atoms with Crippen molar-refractivity contribution in [1.29, 1.82) is 0 Å². The monoisotopic (exact) mass is 487 g/mol. The predicted octanol–water partition coefficient (Wildman–Crippen LogP) is 5.08. The van der Waals surface area contributed by atoms with Gasteiger partial charge in [0.05, 0.1) is 24.5 Å². The molecule has 2 amide bonds. The molecule has 3 aliphatic rings. The first-order chi connectivity index (χ1) is 14.8. The maximum atomic E-state index is 12.7. The number of hydrogen-bond donors (Lipinski definition) is 1. The van der Waals surface area contributed by atoms with Crippen molar-refractivity contribution < 1.29 is 19.4 Å². The summed E-state index contributed by atoms with van der Waals surface area (Å²) in [5.74, 6) is -0.267. The lowest BCUT2D eigenvalue weighted by molar-refractivity contribution is -0.138. The number of amides is 2. The van der Waals surface area contributed by atoms with Crippen LogP contribution < -0.4 is 0 Å². The van der Waals surface area contributed by atoms with Crippen molar-refractivity contribution in [2.24, 2.45) is 17.8 Å². The molecule has 0 aromatic heterocycles. The Morgan fingerprint density at radius 2 is 2.03 bits per heavy atom. The fraction of sp³-hybridized carbons (Fsp3) is 0.520. The molecule has 2 heterocycles. The van der Waals surface area contributed by atoms with Crippen molar-refractivity contribution in [3.63, 3.8) is 0 Å². The van der Waals surface area contributed by atoms with Gasteiger partial charge in [0, 0.05) is 23.0 Å². The molecule has 0 unspecified atom stereocenters. The number of aromatic hydroxyl groups is 1. The first-order valence-corrected chi connectivity index (χ1v) is 11.9. The normalized spacial score (nSPS) is 28.4. The van der Waals surface area contributed by atoms with Gasteiger partial charge in [-0.15, -0.1) is 0 Å². The summed E-state index contributed by atoms with van der Waals surface area (Å²) >= 11 is 3.48. The molecule has 4 rings (SSSR count). The van der Waals surface area contributed by atoms with E-state index in [1.165, 1.54) is 21.6 Å². The number of fused-ring (bicyclic) bond motifs is 3. The zero-order valence-electron chi connectivity index (χ0n) is 18.4. The molecule has 1 N–H and O–H groups in total. The lowest BCUT2D eigenvalue weighted by Gasteiger charge is -2.30. The van der Waals surface area contributed by atoms with Gasteiger partial charge in [-0.1, -0.05) is 46.5 Å². The Morgan fingerprint density at radius 3 is 2.77 bits per heavy atom. The molecule has 2 saturated heterocycles. The Bertz CT molecular complexity index is 966. The number of halogens is 1. The number of phenolic OH excluding ortho intramolecular Hbond substituents is 1. The molecule has 4 atom stereocenters. The Labute approximate surface area is 192 Å². The maximum Gasteiger partial charge on any atom is 0.233 e. The van der Waals surface area contributed by atoms with Crippen LogP contribution in [0.2, 0.25) is 0 Å². The number of rotatable bonds is 6. The lowest BCUT2D eigenvalue weighted by atomic mass is 9.70. The van der Waals surface area contributed by atoms with Gasteiger partial charge in [0.1, 0.15) is 5.75 Å². The molecule has 166 valence electrons. The first kappa shape index (κ1) is 22.3. The summed E-state index contributed by atoms with van der Waals surface area (Å²) in [5.41, 5.74) is 4.56. The summed E-state index contributed by atoms with van der Waals surface area (Å²) in [6.07, 6.45) is 6.45. The highest BCUT2D eigenvalue weighted by Gasteiger charge is 2.55. The minimum absolute atomic E-state index is 0.00359. The third-order valence-electron chi connectivity index (χ3n) is 7.02. The van der Waals surface area contributed by atoms with E-state index in [0.29, 0.717) is 13.0 Å². The van der Waals surface area contributed by atoms with Crippen LogP contribution in [0.4, 0.5) is 0 Å². The summed E-state index contributed by atoms with van der Waals surface area (Å²) < 4.78 is 7.13. The number of carbonyl (C=O) groups is 2. The molecule has 5 nitrogen and oxygen atoms in total. The van der Waals surface area contributed by atoms with Crippen LogP contribution in [0.3, 0.4) is 0 Å². The van der Waals surface area contributed by atoms with Crippen LogP contribution >= 0.6 is 15.9 Å². The fourth-order valence-electron chi connectivity index (χ4n) is 5.55. The van der Waals surface area contributed by atoms with E-state index in [2.05, 4.69) is 35.9 Å². The second-order valence-electron chi connectivity index (χ2n) is 9.03. The molecular formula is C25H30BrNO4. The molecule has 31 heavy (non-hydrogen) atoms. The van der Waals surface area contributed by atoms with Crippen molar-refractivity contribution >= 4 is 33.8 Å². The Kier molecular flexibility index (Phi) is 6.40. The summed E-state index contributed by atoms with van der Waals surface area (Å²) in [6, 6.07) is 5.46. The van der Waals surface area contributed by atoms with Gasteiger partial charge >= 0.3 is 0 Å². The second-order valence-corrected chi connectivity index (χ2v) is 9.95. The Balaban J connectivity index is 1.52. The highest BCUT2D eigenvalue weighted by Crippen LogP contribution is 2.49. The SMILES string of the molecule is CCC/C(=C\c1cc(Br)ccc1O)CC[C@H]1OC[C@H]2C1=C(C)C[C@H]1C(=O)N(C)C(=O)[C@H]12. The third kappa shape index (κ3) is 4.12. The number of imide groups is 1. The van der Waals surface area contributed by atoms with Crippen molar-refractivity contribution in [3.05, 3.63) is 45.0 Å². The van der Waals surface area contributed by atoms with Crippen LogP contribution in [0.15, 0.2) is 39.4 Å². The molecule has 1 aliphatic carbocycles. The van der Waals surface area contributed by atoms with E-state index < -0.39 is 0 Å². The molecule has 2 aliphatic heterocycles. The number of phenols is 1. The number of carbonyl (C=O) groups excluding carboxylic acids is 2. The van der Waals surface area contributed by atoms with Crippen LogP contribution in [-0.4, -0.2) is 41.6 Å². The Morgan fingerprint density at radius 1 is 1.26 bits per heavy atom. The average Bonchev–Trinajstić information content (AvgIpc) is 3.25. The number of hydrogen-bond acceptors (Lipinski definition) is 4. The van der Waals surface area contributed by atoms with E-state index in [1.807, 2.05) is 12.1 Å². The van der Waals surface area contributed by atoms with Gasteiger partial charge in [0.25, 0.3) is 0 Å². The van der Waals surface area contributed by atoms with E-state index in [9.17, 15) is 14.7 Å². The molecular weight excluding hydrogens is 458 g/mol. The quantitative estimate of drug-likeness (QED) is 0.448. The third-order valence-corrected chi connectivity index (χ3v) is 7.51. The molecule has 1 aromatic carbocycles. The molecule has 0 radical (unpaired) electrons. The smallest absolute Gasteiger partial charge is 0.233 e. The van der Waals surface area contributed by atoms with Gasteiger partial charge in [-0.2, -0.15) is 0 Å². The average molecular weight is 488 g/mol. The van der Waals surface area contributed by atoms with Crippen molar-refractivity contribution in [2.45, 2.75) is 52.1 Å². The summed E-state index contributed by atoms with van der Waals surface area (Å²) in [5, 5.41) is 10.2. The van der Waals surface area contributed by atoms with Gasteiger partial charge in [-0.25, -0.2) is 0 Å². The zero-order chi connectivity index (χ0) is 22.3. The summed E-state index contributed by atoms with van der Waals surface area (Å²) in [6.45, 7) is 4.77. The molecule has 0 spiro atoms. The summed E-state index contributed by atoms with van der Waals surface area (Å²) in [4.78, 5) is 26.5. The number of nitrogens with zero attached hydrogens (tertiary/aromatic N) is 1. The number of likely N-dealkylation sites (tertiary alicyclic amines) is 1. The minimum atomic E-state index is -0.259. The molecule has 0 saturated carbocycles. The number of ether oxygens (including phenoxy) is 1. The molecule has 1 aromatic rings. The molecule has 6 heteroatoms. The van der Waals surface area contributed by atoms with Crippen LogP contribution in [-0.2, 0) is 14.3 Å². The lowest BCUT2D eigenvalue weighted by Crippen LogP contribution is -2.33. The largest absolute Gasteiger partial charge is 0.507 e. The molecule has 0 bridgehead atoms. The predicted molar refractivity (Wildman–Crippen MR) is 123 cm³/mol. The van der Waals surface area contributed by atoms with Crippen LogP contribution in [0.5, 0.6) is 5.75 Å². The van der Waals surface area contributed by atoms with E-state index in [4.69, 9.17) is 4.74 Å². The second kappa shape index (κ2) is 8.91. The van der Waals surface area contributed by atoms with Gasteiger partial charge in [0.2, 0.25) is 11.8 Å². The van der Waals surface area contributed by atoms with Crippen LogP contribution in [0, 0.1) is 17.8 Å². The Hall–Kier alpha value is -1.92. The topological polar surface area (TPSA) is 66.8 Å². The highest BCUT2D eigenvalue weighted by atomic mass is 79.9. The zero-order valence-corrected chi connectivity index (χ0v) is 19.9. The van der Waals surface area contributed by atoms with Crippen molar-refractivity contribution in [2.75, 3.05) is 13.7 Å². The van der Waals surface area contributed by atoms with Crippen molar-refractivity contribution in [1.82, 2.24) is 4.90 Å². The van der Waals surface area contributed by atoms with Gasteiger partial charge in [-0.05, 0) is 56.4 Å². The minimum Gasteiger partial charge on any atom is -0.507 e. The van der Waals surface area contributed by atoms with Gasteiger partial charge < -0.3 is 9.84 Å². The molecule has 2 fully saturated rings. The fourth-order valence-corrected chi connectivity index (χ4v) is 5.93. The van der Waals surface area contributed by atoms with Crippen LogP contribution in [0.1, 0.15) is 51.5 Å². The van der Waals surface area contributed by atoms with Gasteiger partial charge in [0.15, 0.2) is 0 Å². The number of benzene rings is 1. The van der Waals surface area contributed by atoms with E-state index in [0.717, 1.165) is 35.7 Å². The van der Waals surface area contributed by atoms with E-state index in [1.54, 1.807) is 13.1 Å². The highest BCUT2D eigenvalue weighted by molar-refractivity contribution is 9.10.